The summed E-state index contributed by atoms with van der Waals surface area (Å²) in [5.41, 5.74) is 1.92. The van der Waals surface area contributed by atoms with Gasteiger partial charge in [0.15, 0.2) is 5.78 Å². The summed E-state index contributed by atoms with van der Waals surface area (Å²) >= 11 is 7.21. The highest BCUT2D eigenvalue weighted by Crippen LogP contribution is 2.41. The second-order valence-electron chi connectivity index (χ2n) is 5.74. The Hall–Kier alpha value is -2.15. The van der Waals surface area contributed by atoms with Crippen LogP contribution in [-0.2, 0) is 10.0 Å². The molecule has 4 nitrogen and oxygen atoms in total. The first-order valence-electron chi connectivity index (χ1n) is 7.77. The minimum atomic E-state index is -3.78. The van der Waals surface area contributed by atoms with E-state index in [4.69, 9.17) is 11.6 Å². The molecule has 0 aliphatic rings. The maximum atomic E-state index is 12.7. The summed E-state index contributed by atoms with van der Waals surface area (Å²) in [4.78, 5) is 13.5. The van der Waals surface area contributed by atoms with Gasteiger partial charge in [0.05, 0.1) is 15.5 Å². The van der Waals surface area contributed by atoms with Crippen molar-refractivity contribution in [3.8, 4) is 10.4 Å². The van der Waals surface area contributed by atoms with E-state index in [2.05, 4.69) is 4.72 Å². The van der Waals surface area contributed by atoms with Crippen LogP contribution in [0.4, 0.5) is 5.69 Å². The normalized spacial score (nSPS) is 11.3. The van der Waals surface area contributed by atoms with Crippen molar-refractivity contribution in [1.82, 2.24) is 0 Å². The van der Waals surface area contributed by atoms with E-state index in [9.17, 15) is 13.2 Å². The van der Waals surface area contributed by atoms with Gasteiger partial charge in [0.25, 0.3) is 10.0 Å². The molecule has 0 aliphatic carbocycles. The number of sulfonamides is 1. The second kappa shape index (κ2) is 7.23. The van der Waals surface area contributed by atoms with Gasteiger partial charge in [0.1, 0.15) is 0 Å². The van der Waals surface area contributed by atoms with Crippen LogP contribution in [0.25, 0.3) is 10.4 Å². The maximum absolute atomic E-state index is 12.7. The van der Waals surface area contributed by atoms with Crippen LogP contribution < -0.4 is 4.72 Å². The lowest BCUT2D eigenvalue weighted by molar-refractivity contribution is 0.102. The van der Waals surface area contributed by atoms with Crippen LogP contribution in [0.2, 0.25) is 5.02 Å². The number of Topliss-reactive ketones (excluding diaryl/α,β-unsaturated/α-hetero) is 1. The topological polar surface area (TPSA) is 63.2 Å². The highest BCUT2D eigenvalue weighted by Gasteiger charge is 2.24. The van der Waals surface area contributed by atoms with Crippen molar-refractivity contribution in [3.05, 3.63) is 70.1 Å². The lowest BCUT2D eigenvalue weighted by Gasteiger charge is -2.09. The Kier molecular flexibility index (Phi) is 5.18. The molecule has 1 aromatic heterocycles. The minimum Gasteiger partial charge on any atom is -0.294 e. The second-order valence-corrected chi connectivity index (χ2v) is 8.88. The molecule has 26 heavy (non-hydrogen) atoms. The molecule has 0 bridgehead atoms. The first-order valence-corrected chi connectivity index (χ1v) is 10.5. The van der Waals surface area contributed by atoms with Crippen LogP contribution in [0.15, 0.2) is 59.5 Å². The molecule has 3 rings (SSSR count). The van der Waals surface area contributed by atoms with Gasteiger partial charge in [-0.1, -0.05) is 41.9 Å². The van der Waals surface area contributed by atoms with Gasteiger partial charge in [-0.2, -0.15) is 0 Å². The molecule has 2 aromatic carbocycles. The quantitative estimate of drug-likeness (QED) is 0.579. The van der Waals surface area contributed by atoms with Crippen molar-refractivity contribution in [3.63, 3.8) is 0 Å². The highest BCUT2D eigenvalue weighted by atomic mass is 35.5. The van der Waals surface area contributed by atoms with E-state index < -0.39 is 10.0 Å². The van der Waals surface area contributed by atoms with E-state index in [0.29, 0.717) is 21.2 Å². The SMILES string of the molecule is CC(=O)c1sc(-c2ccc(Cl)cc2)c(C)c1NS(=O)(=O)c1ccccc1. The van der Waals surface area contributed by atoms with Crippen molar-refractivity contribution in [2.45, 2.75) is 18.7 Å². The molecule has 0 atom stereocenters. The summed E-state index contributed by atoms with van der Waals surface area (Å²) in [6.07, 6.45) is 0. The fourth-order valence-electron chi connectivity index (χ4n) is 2.55. The molecule has 1 heterocycles. The van der Waals surface area contributed by atoms with Crippen molar-refractivity contribution in [2.75, 3.05) is 4.72 Å². The van der Waals surface area contributed by atoms with Gasteiger partial charge < -0.3 is 0 Å². The average Bonchev–Trinajstić information content (AvgIpc) is 2.93. The van der Waals surface area contributed by atoms with Crippen LogP contribution >= 0.6 is 22.9 Å². The molecule has 0 amide bonds. The third-order valence-corrected chi connectivity index (χ3v) is 6.92. The number of carbonyl (C=O) groups is 1. The molecule has 0 aliphatic heterocycles. The lowest BCUT2D eigenvalue weighted by Crippen LogP contribution is -2.14. The predicted octanol–water partition coefficient (Wildman–Crippen LogP) is 5.38. The Balaban J connectivity index is 2.09. The minimum absolute atomic E-state index is 0.146. The van der Waals surface area contributed by atoms with E-state index >= 15 is 0 Å². The zero-order valence-electron chi connectivity index (χ0n) is 14.1. The molecular formula is C19H16ClNO3S2. The summed E-state index contributed by atoms with van der Waals surface area (Å²) in [5, 5.41) is 0.611. The van der Waals surface area contributed by atoms with Crippen LogP contribution in [0.1, 0.15) is 22.2 Å². The van der Waals surface area contributed by atoms with Gasteiger partial charge >= 0.3 is 0 Å². The summed E-state index contributed by atoms with van der Waals surface area (Å²) in [5.74, 6) is -0.191. The number of thiophene rings is 1. The summed E-state index contributed by atoms with van der Waals surface area (Å²) in [7, 11) is -3.78. The number of carbonyl (C=O) groups excluding carboxylic acids is 1. The summed E-state index contributed by atoms with van der Waals surface area (Å²) < 4.78 is 28.0. The van der Waals surface area contributed by atoms with Crippen LogP contribution in [0, 0.1) is 6.92 Å². The molecule has 1 N–H and O–H groups in total. The standard InChI is InChI=1S/C19H16ClNO3S2/c1-12-17(21-26(23,24)16-6-4-3-5-7-16)19(13(2)22)25-18(12)14-8-10-15(20)11-9-14/h3-11,21H,1-2H3. The molecular weight excluding hydrogens is 390 g/mol. The number of benzene rings is 2. The van der Waals surface area contributed by atoms with Crippen molar-refractivity contribution < 1.29 is 13.2 Å². The number of hydrogen-bond acceptors (Lipinski definition) is 4. The van der Waals surface area contributed by atoms with E-state index in [1.54, 1.807) is 37.3 Å². The summed E-state index contributed by atoms with van der Waals surface area (Å²) in [6, 6.07) is 15.3. The third-order valence-electron chi connectivity index (χ3n) is 3.86. The largest absolute Gasteiger partial charge is 0.294 e. The molecule has 7 heteroatoms. The van der Waals surface area contributed by atoms with Gasteiger partial charge in [-0.05, 0) is 42.3 Å². The Morgan fingerprint density at radius 3 is 2.23 bits per heavy atom. The molecule has 0 spiro atoms. The van der Waals surface area contributed by atoms with Crippen molar-refractivity contribution >= 4 is 44.4 Å². The molecule has 3 aromatic rings. The monoisotopic (exact) mass is 405 g/mol. The fraction of sp³-hybridized carbons (Fsp3) is 0.105. The zero-order chi connectivity index (χ0) is 18.9. The molecule has 134 valence electrons. The number of ketones is 1. The van der Waals surface area contributed by atoms with Gasteiger partial charge in [-0.15, -0.1) is 11.3 Å². The van der Waals surface area contributed by atoms with Gasteiger partial charge in [-0.3, -0.25) is 9.52 Å². The highest BCUT2D eigenvalue weighted by molar-refractivity contribution is 7.92. The van der Waals surface area contributed by atoms with E-state index in [1.807, 2.05) is 12.1 Å². The van der Waals surface area contributed by atoms with Crippen molar-refractivity contribution in [2.24, 2.45) is 0 Å². The van der Waals surface area contributed by atoms with Crippen LogP contribution in [-0.4, -0.2) is 14.2 Å². The Morgan fingerprint density at radius 2 is 1.65 bits per heavy atom. The van der Waals surface area contributed by atoms with Gasteiger partial charge in [0, 0.05) is 16.8 Å². The van der Waals surface area contributed by atoms with Crippen molar-refractivity contribution in [1.29, 1.82) is 0 Å². The number of rotatable bonds is 5. The smallest absolute Gasteiger partial charge is 0.261 e. The lowest BCUT2D eigenvalue weighted by atomic mass is 10.1. The molecule has 0 saturated carbocycles. The number of hydrogen-bond donors (Lipinski definition) is 1. The summed E-state index contributed by atoms with van der Waals surface area (Å²) in [6.45, 7) is 3.23. The molecule has 0 fully saturated rings. The zero-order valence-corrected chi connectivity index (χ0v) is 16.5. The first kappa shape index (κ1) is 18.6. The Bertz CT molecular complexity index is 1060. The predicted molar refractivity (Wildman–Crippen MR) is 107 cm³/mol. The fourth-order valence-corrected chi connectivity index (χ4v) is 5.06. The average molecular weight is 406 g/mol. The molecule has 0 unspecified atom stereocenters. The maximum Gasteiger partial charge on any atom is 0.261 e. The number of nitrogens with one attached hydrogen (secondary N) is 1. The Morgan fingerprint density at radius 1 is 1.04 bits per heavy atom. The number of halogens is 1. The molecule has 0 saturated heterocycles. The van der Waals surface area contributed by atoms with Crippen LogP contribution in [0.3, 0.4) is 0 Å². The van der Waals surface area contributed by atoms with E-state index in [1.165, 1.54) is 30.4 Å². The van der Waals surface area contributed by atoms with E-state index in [-0.39, 0.29) is 10.7 Å². The van der Waals surface area contributed by atoms with E-state index in [0.717, 1.165) is 10.4 Å². The van der Waals surface area contributed by atoms with Gasteiger partial charge in [0.2, 0.25) is 0 Å². The van der Waals surface area contributed by atoms with Gasteiger partial charge in [-0.25, -0.2) is 8.42 Å². The Labute approximate surface area is 161 Å². The van der Waals surface area contributed by atoms with Crippen LogP contribution in [0.5, 0.6) is 0 Å². The third kappa shape index (κ3) is 3.67. The first-order chi connectivity index (χ1) is 12.3. The number of anilines is 1. The molecule has 0 radical (unpaired) electrons.